The summed E-state index contributed by atoms with van der Waals surface area (Å²) in [6, 6.07) is 5.21. The van der Waals surface area contributed by atoms with Crippen molar-refractivity contribution in [2.24, 2.45) is 0 Å². The summed E-state index contributed by atoms with van der Waals surface area (Å²) in [4.78, 5) is 10.9. The molecule has 7 heteroatoms. The first-order valence-electron chi connectivity index (χ1n) is 5.33. The highest BCUT2D eigenvalue weighted by Gasteiger charge is 2.15. The molecule has 0 saturated carbocycles. The molecule has 2 rings (SSSR count). The molecule has 0 radical (unpaired) electrons. The Balaban J connectivity index is 2.40. The lowest BCUT2D eigenvalue weighted by Gasteiger charge is -2.09. The van der Waals surface area contributed by atoms with E-state index in [0.717, 1.165) is 24.3 Å². The number of nitrogen functional groups attached to an aromatic ring is 1. The van der Waals surface area contributed by atoms with Crippen molar-refractivity contribution in [2.45, 2.75) is 0 Å². The average molecular weight is 300 g/mol. The molecule has 0 aliphatic carbocycles. The van der Waals surface area contributed by atoms with Crippen molar-refractivity contribution in [1.82, 2.24) is 0 Å². The van der Waals surface area contributed by atoms with Gasteiger partial charge in [-0.25, -0.2) is 13.6 Å². The van der Waals surface area contributed by atoms with Crippen molar-refractivity contribution < 1.29 is 23.4 Å². The van der Waals surface area contributed by atoms with Crippen LogP contribution in [0.3, 0.4) is 0 Å². The Labute approximate surface area is 117 Å². The summed E-state index contributed by atoms with van der Waals surface area (Å²) >= 11 is 5.56. The Hall–Kier alpha value is -2.34. The van der Waals surface area contributed by atoms with E-state index in [1.807, 2.05) is 0 Å². The van der Waals surface area contributed by atoms with E-state index in [1.54, 1.807) is 0 Å². The lowest BCUT2D eigenvalue weighted by molar-refractivity contribution is 0.0697. The van der Waals surface area contributed by atoms with Gasteiger partial charge in [0, 0.05) is 23.9 Å². The molecular formula is C13H8ClF2NO3. The Bertz CT molecular complexity index is 692. The van der Waals surface area contributed by atoms with Crippen LogP contribution in [0.5, 0.6) is 11.5 Å². The quantitative estimate of drug-likeness (QED) is 0.848. The van der Waals surface area contributed by atoms with E-state index in [4.69, 9.17) is 27.2 Å². The Morgan fingerprint density at radius 2 is 1.90 bits per heavy atom. The fraction of sp³-hybridized carbons (Fsp3) is 0. The summed E-state index contributed by atoms with van der Waals surface area (Å²) in [5.41, 5.74) is 4.86. The summed E-state index contributed by atoms with van der Waals surface area (Å²) in [6.07, 6.45) is 0. The molecule has 0 heterocycles. The third-order valence-corrected chi connectivity index (χ3v) is 2.74. The van der Waals surface area contributed by atoms with Crippen molar-refractivity contribution in [3.8, 4) is 11.5 Å². The maximum Gasteiger partial charge on any atom is 0.337 e. The van der Waals surface area contributed by atoms with E-state index in [1.165, 1.54) is 6.07 Å². The second kappa shape index (κ2) is 5.34. The highest BCUT2D eigenvalue weighted by Crippen LogP contribution is 2.30. The monoisotopic (exact) mass is 299 g/mol. The predicted molar refractivity (Wildman–Crippen MR) is 69.3 cm³/mol. The summed E-state index contributed by atoms with van der Waals surface area (Å²) in [7, 11) is 0. The minimum Gasteiger partial charge on any atom is -0.478 e. The standard InChI is InChI=1S/C13H8ClF2NO3/c14-8-3-6(1-2-9(8)15)20-12-4-7(13(18)19)11(17)5-10(12)16/h1-5H,17H2,(H,18,19). The van der Waals surface area contributed by atoms with E-state index in [0.29, 0.717) is 0 Å². The number of halogens is 3. The molecule has 0 unspecified atom stereocenters. The van der Waals surface area contributed by atoms with Crippen molar-refractivity contribution >= 4 is 23.3 Å². The van der Waals surface area contributed by atoms with Gasteiger partial charge < -0.3 is 15.6 Å². The highest BCUT2D eigenvalue weighted by molar-refractivity contribution is 6.30. The summed E-state index contributed by atoms with van der Waals surface area (Å²) in [5, 5.41) is 8.70. The number of carboxylic acids is 1. The third-order valence-electron chi connectivity index (χ3n) is 2.45. The van der Waals surface area contributed by atoms with E-state index in [9.17, 15) is 13.6 Å². The summed E-state index contributed by atoms with van der Waals surface area (Å²) in [5.74, 6) is -3.09. The van der Waals surface area contributed by atoms with Crippen LogP contribution >= 0.6 is 11.6 Å². The van der Waals surface area contributed by atoms with Crippen LogP contribution in [0.25, 0.3) is 0 Å². The lowest BCUT2D eigenvalue weighted by Crippen LogP contribution is -2.04. The van der Waals surface area contributed by atoms with Gasteiger partial charge in [0.15, 0.2) is 11.6 Å². The number of benzene rings is 2. The van der Waals surface area contributed by atoms with Crippen LogP contribution in [-0.4, -0.2) is 11.1 Å². The fourth-order valence-electron chi connectivity index (χ4n) is 1.50. The van der Waals surface area contributed by atoms with Crippen LogP contribution < -0.4 is 10.5 Å². The Morgan fingerprint density at radius 1 is 1.20 bits per heavy atom. The molecule has 0 spiro atoms. The molecule has 0 fully saturated rings. The normalized spacial score (nSPS) is 10.3. The van der Waals surface area contributed by atoms with E-state index < -0.39 is 17.6 Å². The zero-order valence-electron chi connectivity index (χ0n) is 9.86. The zero-order valence-corrected chi connectivity index (χ0v) is 10.6. The van der Waals surface area contributed by atoms with Gasteiger partial charge in [-0.2, -0.15) is 0 Å². The van der Waals surface area contributed by atoms with Gasteiger partial charge in [0.05, 0.1) is 10.6 Å². The Morgan fingerprint density at radius 3 is 2.50 bits per heavy atom. The second-order valence-corrected chi connectivity index (χ2v) is 4.26. The predicted octanol–water partition coefficient (Wildman–Crippen LogP) is 3.69. The lowest BCUT2D eigenvalue weighted by atomic mass is 10.1. The van der Waals surface area contributed by atoms with Gasteiger partial charge in [-0.3, -0.25) is 0 Å². The van der Waals surface area contributed by atoms with Crippen molar-refractivity contribution in [3.63, 3.8) is 0 Å². The van der Waals surface area contributed by atoms with Gasteiger partial charge in [0.2, 0.25) is 0 Å². The van der Waals surface area contributed by atoms with E-state index in [-0.39, 0.29) is 27.8 Å². The fourth-order valence-corrected chi connectivity index (χ4v) is 1.67. The average Bonchev–Trinajstić information content (AvgIpc) is 2.36. The molecule has 0 aromatic heterocycles. The van der Waals surface area contributed by atoms with Crippen molar-refractivity contribution in [2.75, 3.05) is 5.73 Å². The molecule has 20 heavy (non-hydrogen) atoms. The van der Waals surface area contributed by atoms with Crippen LogP contribution in [0.15, 0.2) is 30.3 Å². The number of carboxylic acid groups (broad SMARTS) is 1. The first kappa shape index (κ1) is 14.1. The molecule has 0 aliphatic heterocycles. The van der Waals surface area contributed by atoms with Crippen molar-refractivity contribution in [3.05, 3.63) is 52.6 Å². The van der Waals surface area contributed by atoms with Gasteiger partial charge in [-0.1, -0.05) is 11.6 Å². The van der Waals surface area contributed by atoms with Crippen LogP contribution in [-0.2, 0) is 0 Å². The number of carbonyl (C=O) groups is 1. The largest absolute Gasteiger partial charge is 0.478 e. The van der Waals surface area contributed by atoms with E-state index >= 15 is 0 Å². The minimum absolute atomic E-state index is 0.0661. The maximum atomic E-state index is 13.7. The number of hydrogen-bond acceptors (Lipinski definition) is 3. The molecule has 2 aromatic carbocycles. The van der Waals surface area contributed by atoms with E-state index in [2.05, 4.69) is 0 Å². The van der Waals surface area contributed by atoms with Crippen LogP contribution in [0.4, 0.5) is 14.5 Å². The molecule has 3 N–H and O–H groups in total. The van der Waals surface area contributed by atoms with Gasteiger partial charge in [0.1, 0.15) is 11.6 Å². The summed E-state index contributed by atoms with van der Waals surface area (Å²) < 4.78 is 31.8. The number of hydrogen-bond donors (Lipinski definition) is 2. The third kappa shape index (κ3) is 2.80. The van der Waals surface area contributed by atoms with Gasteiger partial charge >= 0.3 is 5.97 Å². The maximum absolute atomic E-state index is 13.7. The van der Waals surface area contributed by atoms with Crippen LogP contribution in [0.1, 0.15) is 10.4 Å². The van der Waals surface area contributed by atoms with Crippen molar-refractivity contribution in [1.29, 1.82) is 0 Å². The Kier molecular flexibility index (Phi) is 3.76. The molecule has 4 nitrogen and oxygen atoms in total. The molecule has 0 saturated heterocycles. The molecular weight excluding hydrogens is 292 g/mol. The number of aromatic carboxylic acids is 1. The number of rotatable bonds is 3. The summed E-state index contributed by atoms with van der Waals surface area (Å²) in [6.45, 7) is 0. The molecule has 0 amide bonds. The van der Waals surface area contributed by atoms with Gasteiger partial charge in [-0.15, -0.1) is 0 Å². The first-order valence-corrected chi connectivity index (χ1v) is 5.71. The van der Waals surface area contributed by atoms with Crippen LogP contribution in [0, 0.1) is 11.6 Å². The van der Waals surface area contributed by atoms with Gasteiger partial charge in [0.25, 0.3) is 0 Å². The second-order valence-electron chi connectivity index (χ2n) is 3.85. The first-order chi connectivity index (χ1) is 9.38. The zero-order chi connectivity index (χ0) is 14.9. The molecule has 0 atom stereocenters. The minimum atomic E-state index is -1.32. The molecule has 0 aliphatic rings. The smallest absolute Gasteiger partial charge is 0.337 e. The highest BCUT2D eigenvalue weighted by atomic mass is 35.5. The molecule has 104 valence electrons. The van der Waals surface area contributed by atoms with Gasteiger partial charge in [-0.05, 0) is 12.1 Å². The number of ether oxygens (including phenoxy) is 1. The topological polar surface area (TPSA) is 72.5 Å². The SMILES string of the molecule is Nc1cc(F)c(Oc2ccc(F)c(Cl)c2)cc1C(=O)O. The van der Waals surface area contributed by atoms with Crippen LogP contribution in [0.2, 0.25) is 5.02 Å². The number of nitrogens with two attached hydrogens (primary N) is 1. The number of anilines is 1. The molecule has 2 aromatic rings. The molecule has 0 bridgehead atoms.